The van der Waals surface area contributed by atoms with E-state index in [1.807, 2.05) is 13.8 Å². The minimum atomic E-state index is -0.422. The molecule has 1 aromatic heterocycles. The first-order valence-electron chi connectivity index (χ1n) is 6.96. The molecular weight excluding hydrogens is 260 g/mol. The van der Waals surface area contributed by atoms with Gasteiger partial charge in [0, 0.05) is 13.0 Å². The SMILES string of the molecule is CCC1NC(=O)C(CC)N(CCc2nc(C)no2)C1=O. The van der Waals surface area contributed by atoms with Gasteiger partial charge in [-0.15, -0.1) is 0 Å². The molecule has 2 unspecified atom stereocenters. The van der Waals surface area contributed by atoms with Crippen LogP contribution in [0.4, 0.5) is 0 Å². The zero-order valence-electron chi connectivity index (χ0n) is 12.0. The molecule has 20 heavy (non-hydrogen) atoms. The highest BCUT2D eigenvalue weighted by Crippen LogP contribution is 2.15. The first kappa shape index (κ1) is 14.5. The summed E-state index contributed by atoms with van der Waals surface area (Å²) < 4.78 is 5.04. The molecule has 0 spiro atoms. The Balaban J connectivity index is 2.08. The maximum atomic E-state index is 12.3. The van der Waals surface area contributed by atoms with Crippen LogP contribution in [0, 0.1) is 6.92 Å². The molecule has 2 amide bonds. The minimum Gasteiger partial charge on any atom is -0.343 e. The van der Waals surface area contributed by atoms with Crippen LogP contribution >= 0.6 is 0 Å². The number of carbonyl (C=O) groups is 2. The van der Waals surface area contributed by atoms with Gasteiger partial charge in [0.1, 0.15) is 12.1 Å². The van der Waals surface area contributed by atoms with Crippen molar-refractivity contribution < 1.29 is 14.1 Å². The topological polar surface area (TPSA) is 88.3 Å². The molecular formula is C13H20N4O3. The van der Waals surface area contributed by atoms with E-state index < -0.39 is 12.1 Å². The van der Waals surface area contributed by atoms with E-state index >= 15 is 0 Å². The quantitative estimate of drug-likeness (QED) is 0.845. The van der Waals surface area contributed by atoms with E-state index in [0.717, 1.165) is 0 Å². The van der Waals surface area contributed by atoms with Gasteiger partial charge in [-0.05, 0) is 19.8 Å². The molecule has 0 radical (unpaired) electrons. The summed E-state index contributed by atoms with van der Waals surface area (Å²) in [5.41, 5.74) is 0. The normalized spacial score (nSPS) is 23.1. The number of hydrogen-bond donors (Lipinski definition) is 1. The summed E-state index contributed by atoms with van der Waals surface area (Å²) >= 11 is 0. The minimum absolute atomic E-state index is 0.0322. The second kappa shape index (κ2) is 6.02. The van der Waals surface area contributed by atoms with Gasteiger partial charge in [-0.1, -0.05) is 19.0 Å². The predicted octanol–water partition coefficient (Wildman–Crippen LogP) is 0.436. The number of amides is 2. The highest BCUT2D eigenvalue weighted by molar-refractivity contribution is 5.96. The number of aryl methyl sites for hydroxylation is 1. The van der Waals surface area contributed by atoms with E-state index in [0.29, 0.717) is 37.5 Å². The molecule has 1 fully saturated rings. The van der Waals surface area contributed by atoms with Crippen molar-refractivity contribution in [2.75, 3.05) is 6.54 Å². The third-order valence-electron chi connectivity index (χ3n) is 3.51. The Labute approximate surface area is 117 Å². The van der Waals surface area contributed by atoms with Crippen LogP contribution < -0.4 is 5.32 Å². The molecule has 0 aliphatic carbocycles. The summed E-state index contributed by atoms with van der Waals surface area (Å²) in [6.45, 7) is 5.94. The number of aromatic nitrogens is 2. The highest BCUT2D eigenvalue weighted by Gasteiger charge is 2.38. The predicted molar refractivity (Wildman–Crippen MR) is 70.8 cm³/mol. The lowest BCUT2D eigenvalue weighted by atomic mass is 10.0. The van der Waals surface area contributed by atoms with Gasteiger partial charge in [-0.25, -0.2) is 0 Å². The average molecular weight is 280 g/mol. The maximum absolute atomic E-state index is 12.3. The van der Waals surface area contributed by atoms with E-state index in [1.54, 1.807) is 11.8 Å². The number of carbonyl (C=O) groups excluding carboxylic acids is 2. The average Bonchev–Trinajstić information content (AvgIpc) is 2.84. The van der Waals surface area contributed by atoms with Crippen LogP contribution in [0.25, 0.3) is 0 Å². The van der Waals surface area contributed by atoms with Crippen molar-refractivity contribution in [1.82, 2.24) is 20.4 Å². The number of hydrogen-bond acceptors (Lipinski definition) is 5. The lowest BCUT2D eigenvalue weighted by Gasteiger charge is -2.38. The summed E-state index contributed by atoms with van der Waals surface area (Å²) in [7, 11) is 0. The Morgan fingerprint density at radius 1 is 1.30 bits per heavy atom. The summed E-state index contributed by atoms with van der Waals surface area (Å²) in [5.74, 6) is 0.946. The first-order chi connectivity index (χ1) is 9.56. The van der Waals surface area contributed by atoms with Crippen LogP contribution in [0.3, 0.4) is 0 Å². The molecule has 1 N–H and O–H groups in total. The van der Waals surface area contributed by atoms with Crippen LogP contribution in [0.1, 0.15) is 38.4 Å². The molecule has 7 heteroatoms. The van der Waals surface area contributed by atoms with Crippen LogP contribution in [0.15, 0.2) is 4.52 Å². The Hall–Kier alpha value is -1.92. The maximum Gasteiger partial charge on any atom is 0.245 e. The molecule has 2 heterocycles. The first-order valence-corrected chi connectivity index (χ1v) is 6.96. The molecule has 1 aliphatic rings. The van der Waals surface area contributed by atoms with Gasteiger partial charge in [0.2, 0.25) is 17.7 Å². The van der Waals surface area contributed by atoms with Crippen molar-refractivity contribution in [3.05, 3.63) is 11.7 Å². The second-order valence-corrected chi connectivity index (χ2v) is 4.91. The molecule has 0 bridgehead atoms. The Kier molecular flexibility index (Phi) is 4.36. The van der Waals surface area contributed by atoms with Gasteiger partial charge < -0.3 is 14.7 Å². The summed E-state index contributed by atoms with van der Waals surface area (Å²) in [5, 5.41) is 6.48. The number of rotatable bonds is 5. The zero-order chi connectivity index (χ0) is 14.7. The lowest BCUT2D eigenvalue weighted by molar-refractivity contribution is -0.149. The summed E-state index contributed by atoms with van der Waals surface area (Å²) in [4.78, 5) is 30.1. The van der Waals surface area contributed by atoms with E-state index in [-0.39, 0.29) is 11.8 Å². The second-order valence-electron chi connectivity index (χ2n) is 4.91. The van der Waals surface area contributed by atoms with Crippen LogP contribution in [0.5, 0.6) is 0 Å². The molecule has 0 aromatic carbocycles. The fourth-order valence-corrected chi connectivity index (χ4v) is 2.43. The fraction of sp³-hybridized carbons (Fsp3) is 0.692. The van der Waals surface area contributed by atoms with Crippen LogP contribution in [-0.2, 0) is 16.0 Å². The summed E-state index contributed by atoms with van der Waals surface area (Å²) in [6.07, 6.45) is 1.65. The van der Waals surface area contributed by atoms with Gasteiger partial charge in [-0.3, -0.25) is 9.59 Å². The molecule has 1 aromatic rings. The Bertz CT molecular complexity index is 500. The monoisotopic (exact) mass is 280 g/mol. The van der Waals surface area contributed by atoms with Crippen LogP contribution in [0.2, 0.25) is 0 Å². The number of nitrogens with one attached hydrogen (secondary N) is 1. The third-order valence-corrected chi connectivity index (χ3v) is 3.51. The zero-order valence-corrected chi connectivity index (χ0v) is 12.0. The van der Waals surface area contributed by atoms with Gasteiger partial charge in [-0.2, -0.15) is 4.98 Å². The van der Waals surface area contributed by atoms with Gasteiger partial charge in [0.25, 0.3) is 0 Å². The third kappa shape index (κ3) is 2.81. The van der Waals surface area contributed by atoms with Gasteiger partial charge in [0.15, 0.2) is 5.82 Å². The number of piperazine rings is 1. The van der Waals surface area contributed by atoms with Crippen LogP contribution in [-0.4, -0.2) is 45.5 Å². The van der Waals surface area contributed by atoms with Crippen molar-refractivity contribution >= 4 is 11.8 Å². The molecule has 0 saturated carbocycles. The van der Waals surface area contributed by atoms with E-state index in [2.05, 4.69) is 15.5 Å². The smallest absolute Gasteiger partial charge is 0.245 e. The van der Waals surface area contributed by atoms with E-state index in [4.69, 9.17) is 4.52 Å². The molecule has 2 rings (SSSR count). The Morgan fingerprint density at radius 3 is 2.60 bits per heavy atom. The van der Waals surface area contributed by atoms with Crippen molar-refractivity contribution in [3.63, 3.8) is 0 Å². The lowest BCUT2D eigenvalue weighted by Crippen LogP contribution is -2.63. The molecule has 2 atom stereocenters. The summed E-state index contributed by atoms with van der Waals surface area (Å²) in [6, 6.07) is -0.830. The molecule has 110 valence electrons. The standard InChI is InChI=1S/C13H20N4O3/c1-4-9-13(19)17(10(5-2)12(18)15-9)7-6-11-14-8(3)16-20-11/h9-10H,4-7H2,1-3H3,(H,15,18). The van der Waals surface area contributed by atoms with Gasteiger partial charge in [0.05, 0.1) is 0 Å². The van der Waals surface area contributed by atoms with Crippen molar-refractivity contribution in [2.45, 2.75) is 52.1 Å². The van der Waals surface area contributed by atoms with Crippen molar-refractivity contribution in [3.8, 4) is 0 Å². The number of nitrogens with zero attached hydrogens (tertiary/aromatic N) is 3. The van der Waals surface area contributed by atoms with E-state index in [9.17, 15) is 9.59 Å². The largest absolute Gasteiger partial charge is 0.343 e. The van der Waals surface area contributed by atoms with E-state index in [1.165, 1.54) is 0 Å². The highest BCUT2D eigenvalue weighted by atomic mass is 16.5. The molecule has 1 aliphatic heterocycles. The Morgan fingerprint density at radius 2 is 2.05 bits per heavy atom. The van der Waals surface area contributed by atoms with Crippen molar-refractivity contribution in [1.29, 1.82) is 0 Å². The van der Waals surface area contributed by atoms with Gasteiger partial charge >= 0.3 is 0 Å². The van der Waals surface area contributed by atoms with Crippen molar-refractivity contribution in [2.24, 2.45) is 0 Å². The molecule has 1 saturated heterocycles. The molecule has 7 nitrogen and oxygen atoms in total. The fourth-order valence-electron chi connectivity index (χ4n) is 2.43.